The summed E-state index contributed by atoms with van der Waals surface area (Å²) in [6.07, 6.45) is 6.40. The molecule has 8 heteroatoms. The van der Waals surface area contributed by atoms with E-state index >= 15 is 0 Å². The van der Waals surface area contributed by atoms with Crippen molar-refractivity contribution in [3.8, 4) is 0 Å². The summed E-state index contributed by atoms with van der Waals surface area (Å²) < 4.78 is 0. The number of imidazole rings is 1. The highest BCUT2D eigenvalue weighted by Gasteiger charge is 2.12. The number of nitrogens with zero attached hydrogens (tertiary/aromatic N) is 2. The highest BCUT2D eigenvalue weighted by atomic mass is 16.4. The summed E-state index contributed by atoms with van der Waals surface area (Å²) in [6.45, 7) is 0. The minimum Gasteiger partial charge on any atom is -0.480 e. The first kappa shape index (κ1) is 15.3. The molecule has 0 aliphatic carbocycles. The maximum absolute atomic E-state index is 10.4. The normalized spacial score (nSPS) is 11.1. The van der Waals surface area contributed by atoms with Crippen molar-refractivity contribution in [3.05, 3.63) is 48.3 Å². The lowest BCUT2D eigenvalue weighted by Gasteiger charge is -2.01. The molecule has 0 spiro atoms. The smallest absolute Gasteiger partial charge is 0.320 e. The van der Waals surface area contributed by atoms with Gasteiger partial charge in [-0.15, -0.1) is 0 Å². The van der Waals surface area contributed by atoms with Crippen molar-refractivity contribution >= 4 is 11.9 Å². The van der Waals surface area contributed by atoms with E-state index < -0.39 is 17.9 Å². The number of carboxylic acid groups (broad SMARTS) is 1. The van der Waals surface area contributed by atoms with Crippen molar-refractivity contribution in [1.29, 1.82) is 0 Å². The van der Waals surface area contributed by atoms with Crippen LogP contribution in [0.5, 0.6) is 0 Å². The van der Waals surface area contributed by atoms with E-state index in [1.807, 2.05) is 0 Å². The molecule has 20 heavy (non-hydrogen) atoms. The van der Waals surface area contributed by atoms with Crippen LogP contribution in [0.25, 0.3) is 0 Å². The lowest BCUT2D eigenvalue weighted by molar-refractivity contribution is -0.138. The number of hydrogen-bond donors (Lipinski definition) is 4. The predicted octanol–water partition coefficient (Wildman–Crippen LogP) is -0.455. The quantitative estimate of drug-likeness (QED) is 0.594. The number of rotatable bonds is 4. The Kier molecular flexibility index (Phi) is 5.85. The fraction of sp³-hybridized carbons (Fsp3) is 0.167. The van der Waals surface area contributed by atoms with Gasteiger partial charge >= 0.3 is 5.97 Å². The highest BCUT2D eigenvalue weighted by molar-refractivity contribution is 5.92. The van der Waals surface area contributed by atoms with Gasteiger partial charge in [-0.25, -0.2) is 4.98 Å². The van der Waals surface area contributed by atoms with Crippen molar-refractivity contribution < 1.29 is 14.7 Å². The van der Waals surface area contributed by atoms with E-state index in [0.29, 0.717) is 11.3 Å². The lowest BCUT2D eigenvalue weighted by Crippen LogP contribution is -2.32. The Morgan fingerprint density at radius 2 is 2.20 bits per heavy atom. The molecule has 2 heterocycles. The summed E-state index contributed by atoms with van der Waals surface area (Å²) in [7, 11) is 0. The number of nitrogens with one attached hydrogen (secondary N) is 1. The van der Waals surface area contributed by atoms with Crippen LogP contribution in [0, 0.1) is 0 Å². The molecule has 2 aromatic heterocycles. The Morgan fingerprint density at radius 3 is 2.60 bits per heavy atom. The maximum Gasteiger partial charge on any atom is 0.320 e. The topological polar surface area (TPSA) is 148 Å². The Labute approximate surface area is 114 Å². The van der Waals surface area contributed by atoms with Crippen molar-refractivity contribution in [2.75, 3.05) is 0 Å². The largest absolute Gasteiger partial charge is 0.480 e. The number of amides is 1. The number of aromatic nitrogens is 3. The van der Waals surface area contributed by atoms with Crippen LogP contribution in [0.4, 0.5) is 0 Å². The van der Waals surface area contributed by atoms with Crippen LogP contribution in [0.1, 0.15) is 16.1 Å². The molecule has 8 nitrogen and oxygen atoms in total. The molecule has 6 N–H and O–H groups in total. The number of H-pyrrole nitrogens is 1. The fourth-order valence-corrected chi connectivity index (χ4v) is 1.22. The minimum absolute atomic E-state index is 0.263. The second kappa shape index (κ2) is 7.64. The number of carbonyl (C=O) groups excluding carboxylic acids is 1. The molecule has 0 saturated heterocycles. The standard InChI is InChI=1S/C6H9N3O2.C6H6N2O/c7-5(6(10)11)1-4-2-8-3-9-4;7-6(9)5-2-1-3-8-4-5/h2-3,5H,1,7H2,(H,8,9)(H,10,11);1-4H,(H2,7,9)/t5-;/m0./s1. The van der Waals surface area contributed by atoms with Crippen molar-refractivity contribution in [2.45, 2.75) is 12.5 Å². The van der Waals surface area contributed by atoms with Gasteiger partial charge in [0, 0.05) is 25.0 Å². The van der Waals surface area contributed by atoms with Crippen molar-refractivity contribution in [2.24, 2.45) is 11.5 Å². The zero-order chi connectivity index (χ0) is 15.0. The molecule has 0 aliphatic heterocycles. The summed E-state index contributed by atoms with van der Waals surface area (Å²) in [5.74, 6) is -1.45. The van der Waals surface area contributed by atoms with E-state index in [1.165, 1.54) is 12.5 Å². The van der Waals surface area contributed by atoms with Gasteiger partial charge in [-0.05, 0) is 12.1 Å². The van der Waals surface area contributed by atoms with Gasteiger partial charge in [-0.2, -0.15) is 0 Å². The Balaban J connectivity index is 0.000000204. The molecule has 0 unspecified atom stereocenters. The predicted molar refractivity (Wildman–Crippen MR) is 70.7 cm³/mol. The van der Waals surface area contributed by atoms with E-state index in [0.717, 1.165) is 0 Å². The molecular weight excluding hydrogens is 262 g/mol. The van der Waals surface area contributed by atoms with E-state index in [-0.39, 0.29) is 6.42 Å². The highest BCUT2D eigenvalue weighted by Crippen LogP contribution is 1.95. The third-order valence-electron chi connectivity index (χ3n) is 2.25. The van der Waals surface area contributed by atoms with Crippen molar-refractivity contribution in [1.82, 2.24) is 15.0 Å². The van der Waals surface area contributed by atoms with Crippen molar-refractivity contribution in [3.63, 3.8) is 0 Å². The third-order valence-corrected chi connectivity index (χ3v) is 2.25. The SMILES string of the molecule is NC(=O)c1cccnc1.N[C@@H](Cc1c[nH]cn1)C(=O)O. The van der Waals surface area contributed by atoms with Gasteiger partial charge in [0.05, 0.1) is 17.6 Å². The number of pyridine rings is 1. The first-order valence-corrected chi connectivity index (χ1v) is 5.66. The van der Waals surface area contributed by atoms with Gasteiger partial charge in [-0.3, -0.25) is 14.6 Å². The Morgan fingerprint density at radius 1 is 1.45 bits per heavy atom. The van der Waals surface area contributed by atoms with Gasteiger partial charge < -0.3 is 21.6 Å². The van der Waals surface area contributed by atoms with Crippen LogP contribution in [0.15, 0.2) is 37.1 Å². The van der Waals surface area contributed by atoms with E-state index in [4.69, 9.17) is 16.6 Å². The Hall–Kier alpha value is -2.74. The number of nitrogens with two attached hydrogens (primary N) is 2. The van der Waals surface area contributed by atoms with Crippen LogP contribution in [0.2, 0.25) is 0 Å². The number of primary amides is 1. The fourth-order valence-electron chi connectivity index (χ4n) is 1.22. The summed E-state index contributed by atoms with van der Waals surface area (Å²) in [5, 5.41) is 8.42. The monoisotopic (exact) mass is 277 g/mol. The lowest BCUT2D eigenvalue weighted by atomic mass is 10.2. The van der Waals surface area contributed by atoms with Gasteiger partial charge in [0.2, 0.25) is 5.91 Å². The van der Waals surface area contributed by atoms with E-state index in [9.17, 15) is 9.59 Å². The Bertz CT molecular complexity index is 541. The molecule has 0 bridgehead atoms. The van der Waals surface area contributed by atoms with Gasteiger partial charge in [0.25, 0.3) is 0 Å². The van der Waals surface area contributed by atoms with Gasteiger partial charge in [0.15, 0.2) is 0 Å². The third kappa shape index (κ3) is 5.27. The average Bonchev–Trinajstić information content (AvgIpc) is 2.93. The first-order chi connectivity index (χ1) is 9.50. The number of carbonyl (C=O) groups is 2. The van der Waals surface area contributed by atoms with E-state index in [2.05, 4.69) is 15.0 Å². The van der Waals surface area contributed by atoms with Crippen LogP contribution < -0.4 is 11.5 Å². The number of aliphatic carboxylic acids is 1. The first-order valence-electron chi connectivity index (χ1n) is 5.66. The zero-order valence-corrected chi connectivity index (χ0v) is 10.6. The van der Waals surface area contributed by atoms with Crippen LogP contribution in [-0.4, -0.2) is 38.0 Å². The molecule has 0 aliphatic rings. The van der Waals surface area contributed by atoms with Gasteiger partial charge in [0.1, 0.15) is 6.04 Å². The van der Waals surface area contributed by atoms with Gasteiger partial charge in [-0.1, -0.05) is 0 Å². The number of hydrogen-bond acceptors (Lipinski definition) is 5. The molecule has 1 atom stereocenters. The molecule has 0 aromatic carbocycles. The second-order valence-electron chi connectivity index (χ2n) is 3.82. The molecule has 2 rings (SSSR count). The van der Waals surface area contributed by atoms with E-state index in [1.54, 1.807) is 24.5 Å². The molecule has 2 aromatic rings. The summed E-state index contributed by atoms with van der Waals surface area (Å²) in [4.78, 5) is 30.9. The molecular formula is C12H15N5O3. The molecule has 0 radical (unpaired) electrons. The number of aromatic amines is 1. The second-order valence-corrected chi connectivity index (χ2v) is 3.82. The van der Waals surface area contributed by atoms with Crippen LogP contribution >= 0.6 is 0 Å². The summed E-state index contributed by atoms with van der Waals surface area (Å²) in [6, 6.07) is 2.42. The zero-order valence-electron chi connectivity index (χ0n) is 10.6. The molecule has 106 valence electrons. The van der Waals surface area contributed by atoms with Crippen LogP contribution in [-0.2, 0) is 11.2 Å². The van der Waals surface area contributed by atoms with Crippen LogP contribution in [0.3, 0.4) is 0 Å². The summed E-state index contributed by atoms with van der Waals surface area (Å²) in [5.41, 5.74) is 11.3. The summed E-state index contributed by atoms with van der Waals surface area (Å²) >= 11 is 0. The molecule has 0 fully saturated rings. The minimum atomic E-state index is -1.01. The number of carboxylic acids is 1. The maximum atomic E-state index is 10.4. The molecule has 0 saturated carbocycles. The average molecular weight is 277 g/mol. The molecule has 1 amide bonds.